The van der Waals surface area contributed by atoms with Gasteiger partial charge in [0.05, 0.1) is 11.4 Å². The van der Waals surface area contributed by atoms with Gasteiger partial charge in [-0.2, -0.15) is 0 Å². The molecule has 1 unspecified atom stereocenters. The van der Waals surface area contributed by atoms with Crippen molar-refractivity contribution < 1.29 is 8.39 Å². The fraction of sp³-hybridized carbons (Fsp3) is 1.00. The molecule has 66 valence electrons. The molecule has 0 saturated heterocycles. The van der Waals surface area contributed by atoms with Gasteiger partial charge in [0.15, 0.2) is 11.1 Å². The Morgan fingerprint density at radius 1 is 1.55 bits per heavy atom. The standard InChI is InChI=1S/C8H16O2S/c1-3-4-7-10-11(9)8(2)5-6-8/h3-7H2,1-2H3. The molecule has 0 N–H and O–H groups in total. The summed E-state index contributed by atoms with van der Waals surface area (Å²) in [5.41, 5.74) is 0. The van der Waals surface area contributed by atoms with Gasteiger partial charge < -0.3 is 0 Å². The molecule has 0 amide bonds. The minimum Gasteiger partial charge on any atom is -0.290 e. The lowest BCUT2D eigenvalue weighted by molar-refractivity contribution is 0.333. The van der Waals surface area contributed by atoms with Crippen molar-refractivity contribution in [3.63, 3.8) is 0 Å². The van der Waals surface area contributed by atoms with Crippen molar-refractivity contribution in [3.8, 4) is 0 Å². The first-order valence-electron chi connectivity index (χ1n) is 4.24. The molecule has 0 heterocycles. The summed E-state index contributed by atoms with van der Waals surface area (Å²) in [7, 11) is 0. The number of unbranched alkanes of at least 4 members (excludes halogenated alkanes) is 1. The summed E-state index contributed by atoms with van der Waals surface area (Å²) in [6.45, 7) is 4.78. The van der Waals surface area contributed by atoms with Gasteiger partial charge in [-0.1, -0.05) is 13.3 Å². The van der Waals surface area contributed by atoms with Crippen LogP contribution in [0.3, 0.4) is 0 Å². The van der Waals surface area contributed by atoms with Crippen LogP contribution in [0, 0.1) is 0 Å². The van der Waals surface area contributed by atoms with E-state index in [1.807, 2.05) is 6.92 Å². The van der Waals surface area contributed by atoms with Gasteiger partial charge in [-0.3, -0.25) is 4.18 Å². The van der Waals surface area contributed by atoms with Crippen LogP contribution >= 0.6 is 0 Å². The second kappa shape index (κ2) is 3.68. The Morgan fingerprint density at radius 3 is 2.64 bits per heavy atom. The van der Waals surface area contributed by atoms with Crippen LogP contribution in [0.1, 0.15) is 39.5 Å². The summed E-state index contributed by atoms with van der Waals surface area (Å²) < 4.78 is 16.5. The molecule has 0 aromatic carbocycles. The Labute approximate surface area is 71.0 Å². The van der Waals surface area contributed by atoms with E-state index in [2.05, 4.69) is 6.92 Å². The Kier molecular flexibility index (Phi) is 3.07. The number of hydrogen-bond acceptors (Lipinski definition) is 2. The summed E-state index contributed by atoms with van der Waals surface area (Å²) in [4.78, 5) is 0. The molecule has 1 atom stereocenters. The predicted octanol–water partition coefficient (Wildman–Crippen LogP) is 2.02. The Hall–Kier alpha value is 0.110. The molecule has 0 aromatic rings. The third-order valence-electron chi connectivity index (χ3n) is 2.04. The van der Waals surface area contributed by atoms with E-state index in [-0.39, 0.29) is 4.75 Å². The lowest BCUT2D eigenvalue weighted by atomic mass is 10.4. The van der Waals surface area contributed by atoms with Crippen molar-refractivity contribution >= 4 is 11.1 Å². The van der Waals surface area contributed by atoms with Gasteiger partial charge in [0.1, 0.15) is 0 Å². The summed E-state index contributed by atoms with van der Waals surface area (Å²) in [5.74, 6) is 0. The highest BCUT2D eigenvalue weighted by Gasteiger charge is 2.44. The second-order valence-corrected chi connectivity index (χ2v) is 5.05. The first kappa shape index (κ1) is 9.20. The fourth-order valence-corrected chi connectivity index (χ4v) is 1.75. The third kappa shape index (κ3) is 2.56. The molecule has 0 spiro atoms. The van der Waals surface area contributed by atoms with E-state index in [1.165, 1.54) is 0 Å². The zero-order valence-electron chi connectivity index (χ0n) is 7.26. The van der Waals surface area contributed by atoms with Crippen LogP contribution in [0.25, 0.3) is 0 Å². The summed E-state index contributed by atoms with van der Waals surface area (Å²) in [6.07, 6.45) is 4.24. The van der Waals surface area contributed by atoms with Gasteiger partial charge >= 0.3 is 0 Å². The van der Waals surface area contributed by atoms with Crippen molar-refractivity contribution in [3.05, 3.63) is 0 Å². The minimum absolute atomic E-state index is 0.00768. The Bertz CT molecular complexity index is 152. The molecule has 0 aliphatic heterocycles. The molecule has 11 heavy (non-hydrogen) atoms. The maximum absolute atomic E-state index is 11.3. The van der Waals surface area contributed by atoms with E-state index < -0.39 is 11.1 Å². The SMILES string of the molecule is CCCCOS(=O)C1(C)CC1. The monoisotopic (exact) mass is 176 g/mol. The van der Waals surface area contributed by atoms with E-state index in [9.17, 15) is 4.21 Å². The highest BCUT2D eigenvalue weighted by molar-refractivity contribution is 7.82. The summed E-state index contributed by atoms with van der Waals surface area (Å²) in [5, 5.41) is 0. The maximum atomic E-state index is 11.3. The van der Waals surface area contributed by atoms with E-state index >= 15 is 0 Å². The average Bonchev–Trinajstić information content (AvgIpc) is 2.70. The zero-order chi connectivity index (χ0) is 8.32. The third-order valence-corrected chi connectivity index (χ3v) is 3.64. The lowest BCUT2D eigenvalue weighted by Crippen LogP contribution is -2.14. The van der Waals surface area contributed by atoms with E-state index in [0.29, 0.717) is 6.61 Å². The molecule has 1 fully saturated rings. The molecule has 0 aromatic heterocycles. The van der Waals surface area contributed by atoms with Crippen LogP contribution in [-0.2, 0) is 15.3 Å². The quantitative estimate of drug-likeness (QED) is 0.599. The fourth-order valence-electron chi connectivity index (χ4n) is 0.764. The van der Waals surface area contributed by atoms with E-state index in [4.69, 9.17) is 4.18 Å². The van der Waals surface area contributed by atoms with Gasteiger partial charge in [0.2, 0.25) is 0 Å². The summed E-state index contributed by atoms with van der Waals surface area (Å²) in [6, 6.07) is 0. The van der Waals surface area contributed by atoms with Gasteiger partial charge in [-0.15, -0.1) is 0 Å². The minimum atomic E-state index is -1.03. The Morgan fingerprint density at radius 2 is 2.18 bits per heavy atom. The van der Waals surface area contributed by atoms with Gasteiger partial charge in [-0.25, -0.2) is 4.21 Å². The molecular weight excluding hydrogens is 160 g/mol. The van der Waals surface area contributed by atoms with Gasteiger partial charge in [-0.05, 0) is 26.2 Å². The number of hydrogen-bond donors (Lipinski definition) is 0. The Balaban J connectivity index is 2.12. The normalized spacial score (nSPS) is 23.1. The zero-order valence-corrected chi connectivity index (χ0v) is 8.08. The average molecular weight is 176 g/mol. The predicted molar refractivity (Wildman–Crippen MR) is 46.6 cm³/mol. The van der Waals surface area contributed by atoms with E-state index in [0.717, 1.165) is 25.7 Å². The first-order valence-corrected chi connectivity index (χ1v) is 5.32. The lowest BCUT2D eigenvalue weighted by Gasteiger charge is -2.07. The molecule has 3 heteroatoms. The molecule has 1 rings (SSSR count). The van der Waals surface area contributed by atoms with Crippen LogP contribution in [0.4, 0.5) is 0 Å². The van der Waals surface area contributed by atoms with Crippen LogP contribution in [0.5, 0.6) is 0 Å². The van der Waals surface area contributed by atoms with Crippen molar-refractivity contribution in [1.29, 1.82) is 0 Å². The van der Waals surface area contributed by atoms with Gasteiger partial charge in [0, 0.05) is 0 Å². The molecule has 1 aliphatic carbocycles. The molecule has 0 radical (unpaired) electrons. The smallest absolute Gasteiger partial charge is 0.161 e. The molecule has 0 bridgehead atoms. The second-order valence-electron chi connectivity index (χ2n) is 3.36. The first-order chi connectivity index (χ1) is 5.19. The number of rotatable bonds is 5. The van der Waals surface area contributed by atoms with Crippen LogP contribution in [0.2, 0.25) is 0 Å². The van der Waals surface area contributed by atoms with Crippen molar-refractivity contribution in [1.82, 2.24) is 0 Å². The van der Waals surface area contributed by atoms with Crippen molar-refractivity contribution in [2.45, 2.75) is 44.3 Å². The van der Waals surface area contributed by atoms with Crippen LogP contribution < -0.4 is 0 Å². The molecular formula is C8H16O2S. The summed E-state index contributed by atoms with van der Waals surface area (Å²) >= 11 is -1.03. The highest BCUT2D eigenvalue weighted by atomic mass is 32.2. The van der Waals surface area contributed by atoms with Gasteiger partial charge in [0.25, 0.3) is 0 Å². The van der Waals surface area contributed by atoms with Crippen LogP contribution in [-0.4, -0.2) is 15.6 Å². The highest BCUT2D eigenvalue weighted by Crippen LogP contribution is 2.41. The van der Waals surface area contributed by atoms with Crippen LogP contribution in [0.15, 0.2) is 0 Å². The molecule has 1 aliphatic rings. The maximum Gasteiger partial charge on any atom is 0.161 e. The largest absolute Gasteiger partial charge is 0.290 e. The van der Waals surface area contributed by atoms with E-state index in [1.54, 1.807) is 0 Å². The molecule has 1 saturated carbocycles. The van der Waals surface area contributed by atoms with Crippen molar-refractivity contribution in [2.24, 2.45) is 0 Å². The molecule has 2 nitrogen and oxygen atoms in total. The topological polar surface area (TPSA) is 26.3 Å². The van der Waals surface area contributed by atoms with Crippen molar-refractivity contribution in [2.75, 3.05) is 6.61 Å².